The number of hydrogen-bond donors (Lipinski definition) is 3. The van der Waals surface area contributed by atoms with Crippen molar-refractivity contribution < 1.29 is 17.7 Å². The normalized spacial score (nSPS) is 15.4. The van der Waals surface area contributed by atoms with Gasteiger partial charge in [0.05, 0.1) is 9.82 Å². The van der Waals surface area contributed by atoms with Crippen molar-refractivity contribution in [2.75, 3.05) is 26.7 Å². The van der Waals surface area contributed by atoms with Gasteiger partial charge in [0.15, 0.2) is 5.96 Å². The first-order valence-electron chi connectivity index (χ1n) is 9.71. The summed E-state index contributed by atoms with van der Waals surface area (Å²) in [6, 6.07) is 11.6. The predicted molar refractivity (Wildman–Crippen MR) is 115 cm³/mol. The molecule has 0 heterocycles. The van der Waals surface area contributed by atoms with E-state index in [4.69, 9.17) is 0 Å². The number of aliphatic imine (C=N–C) groups is 1. The van der Waals surface area contributed by atoms with Crippen LogP contribution >= 0.6 is 0 Å². The Morgan fingerprint density at radius 1 is 1.16 bits per heavy atom. The first-order chi connectivity index (χ1) is 14.8. The Labute approximate surface area is 180 Å². The van der Waals surface area contributed by atoms with Crippen molar-refractivity contribution in [3.8, 4) is 0 Å². The van der Waals surface area contributed by atoms with E-state index in [1.807, 2.05) is 6.07 Å². The highest BCUT2D eigenvalue weighted by atomic mass is 32.2. The number of guanidine groups is 1. The summed E-state index contributed by atoms with van der Waals surface area (Å²) < 4.78 is 41.2. The molecule has 1 fully saturated rings. The molecular formula is C20H24FN5O4S. The molecule has 166 valence electrons. The van der Waals surface area contributed by atoms with E-state index < -0.39 is 14.9 Å². The molecule has 0 unspecified atom stereocenters. The van der Waals surface area contributed by atoms with Crippen LogP contribution in [0.4, 0.5) is 10.1 Å². The minimum Gasteiger partial charge on any atom is -0.356 e. The molecule has 3 N–H and O–H groups in total. The average molecular weight is 450 g/mol. The van der Waals surface area contributed by atoms with Gasteiger partial charge in [0.1, 0.15) is 5.82 Å². The lowest BCUT2D eigenvalue weighted by Crippen LogP contribution is -2.44. The number of rotatable bonds is 9. The van der Waals surface area contributed by atoms with E-state index in [9.17, 15) is 22.9 Å². The molecular weight excluding hydrogens is 425 g/mol. The van der Waals surface area contributed by atoms with E-state index in [1.54, 1.807) is 19.2 Å². The largest absolute Gasteiger partial charge is 0.356 e. The van der Waals surface area contributed by atoms with Gasteiger partial charge >= 0.3 is 0 Å². The zero-order valence-electron chi connectivity index (χ0n) is 17.0. The van der Waals surface area contributed by atoms with Gasteiger partial charge in [0.25, 0.3) is 5.69 Å². The van der Waals surface area contributed by atoms with E-state index in [-0.39, 0.29) is 34.9 Å². The fraction of sp³-hybridized carbons (Fsp3) is 0.350. The molecule has 3 rings (SSSR count). The molecule has 1 saturated carbocycles. The summed E-state index contributed by atoms with van der Waals surface area (Å²) in [6.07, 6.45) is 1.75. The van der Waals surface area contributed by atoms with Gasteiger partial charge in [-0.15, -0.1) is 0 Å². The fourth-order valence-electron chi connectivity index (χ4n) is 3.27. The zero-order chi connectivity index (χ0) is 22.5. The summed E-state index contributed by atoms with van der Waals surface area (Å²) in [4.78, 5) is 14.1. The molecule has 0 aliphatic heterocycles. The van der Waals surface area contributed by atoms with E-state index in [0.717, 1.165) is 18.9 Å². The second-order valence-corrected chi connectivity index (χ2v) is 9.03. The number of sulfonamides is 1. The minimum atomic E-state index is -3.88. The van der Waals surface area contributed by atoms with Crippen LogP contribution in [0.5, 0.6) is 0 Å². The highest BCUT2D eigenvalue weighted by Gasteiger charge is 2.45. The number of nitro groups is 1. The molecule has 0 radical (unpaired) electrons. The molecule has 11 heteroatoms. The lowest BCUT2D eigenvalue weighted by molar-refractivity contribution is -0.385. The third-order valence-electron chi connectivity index (χ3n) is 5.16. The lowest BCUT2D eigenvalue weighted by Gasteiger charge is -2.19. The number of hydrogen-bond acceptors (Lipinski definition) is 5. The monoisotopic (exact) mass is 449 g/mol. The van der Waals surface area contributed by atoms with Crippen LogP contribution in [0.25, 0.3) is 0 Å². The molecule has 1 aliphatic carbocycles. The van der Waals surface area contributed by atoms with Crippen LogP contribution in [0.3, 0.4) is 0 Å². The predicted octanol–water partition coefficient (Wildman–Crippen LogP) is 1.91. The highest BCUT2D eigenvalue weighted by molar-refractivity contribution is 7.89. The number of nitro benzene ring substituents is 1. The molecule has 0 atom stereocenters. The fourth-order valence-corrected chi connectivity index (χ4v) is 4.34. The van der Waals surface area contributed by atoms with Gasteiger partial charge in [-0.25, -0.2) is 17.5 Å². The maximum absolute atomic E-state index is 14.1. The Hall–Kier alpha value is -3.05. The van der Waals surface area contributed by atoms with Crippen molar-refractivity contribution in [2.45, 2.75) is 23.2 Å². The van der Waals surface area contributed by atoms with Gasteiger partial charge < -0.3 is 10.6 Å². The van der Waals surface area contributed by atoms with Gasteiger partial charge in [0.2, 0.25) is 10.0 Å². The number of nitrogens with zero attached hydrogens (tertiary/aromatic N) is 2. The Bertz CT molecular complexity index is 1090. The molecule has 0 amide bonds. The van der Waals surface area contributed by atoms with Gasteiger partial charge in [-0.2, -0.15) is 0 Å². The van der Waals surface area contributed by atoms with E-state index in [0.29, 0.717) is 18.1 Å². The lowest BCUT2D eigenvalue weighted by atomic mass is 9.95. The molecule has 2 aromatic carbocycles. The van der Waals surface area contributed by atoms with Gasteiger partial charge in [0, 0.05) is 44.2 Å². The molecule has 0 saturated heterocycles. The van der Waals surface area contributed by atoms with Crippen molar-refractivity contribution >= 4 is 21.7 Å². The number of halogens is 1. The second-order valence-electron chi connectivity index (χ2n) is 7.26. The van der Waals surface area contributed by atoms with Crippen LogP contribution in [0, 0.1) is 15.9 Å². The van der Waals surface area contributed by atoms with Crippen molar-refractivity contribution in [1.82, 2.24) is 15.4 Å². The van der Waals surface area contributed by atoms with E-state index in [2.05, 4.69) is 20.3 Å². The van der Waals surface area contributed by atoms with Crippen LogP contribution < -0.4 is 15.4 Å². The van der Waals surface area contributed by atoms with Gasteiger partial charge in [-0.05, 0) is 30.5 Å². The standard InChI is InChI=1S/C20H24FN5O4S/c1-22-19(24-14-20(9-10-20)17-7-2-3-8-18(17)21)23-11-12-25-31(29,30)16-6-4-5-15(13-16)26(27)28/h2-8,13,25H,9-12,14H2,1H3,(H2,22,23,24). The van der Waals surface area contributed by atoms with Crippen LogP contribution in [0.2, 0.25) is 0 Å². The highest BCUT2D eigenvalue weighted by Crippen LogP contribution is 2.48. The van der Waals surface area contributed by atoms with E-state index in [1.165, 1.54) is 24.3 Å². The topological polar surface area (TPSA) is 126 Å². The third-order valence-corrected chi connectivity index (χ3v) is 6.62. The molecule has 0 aromatic heterocycles. The Balaban J connectivity index is 1.49. The van der Waals surface area contributed by atoms with Crippen LogP contribution in [-0.4, -0.2) is 46.0 Å². The number of benzene rings is 2. The smallest absolute Gasteiger partial charge is 0.270 e. The van der Waals surface area contributed by atoms with Gasteiger partial charge in [-0.3, -0.25) is 15.1 Å². The second kappa shape index (κ2) is 9.40. The van der Waals surface area contributed by atoms with E-state index >= 15 is 0 Å². The summed E-state index contributed by atoms with van der Waals surface area (Å²) in [5.74, 6) is 0.248. The number of non-ortho nitro benzene ring substituents is 1. The van der Waals surface area contributed by atoms with Gasteiger partial charge in [-0.1, -0.05) is 24.3 Å². The number of nitrogens with one attached hydrogen (secondary N) is 3. The Morgan fingerprint density at radius 3 is 2.55 bits per heavy atom. The summed E-state index contributed by atoms with van der Waals surface area (Å²) in [5, 5.41) is 17.0. The molecule has 0 bridgehead atoms. The Morgan fingerprint density at radius 2 is 1.90 bits per heavy atom. The molecule has 0 spiro atoms. The molecule has 2 aromatic rings. The maximum Gasteiger partial charge on any atom is 0.270 e. The zero-order valence-corrected chi connectivity index (χ0v) is 17.8. The third kappa shape index (κ3) is 5.56. The Kier molecular flexibility index (Phi) is 6.86. The van der Waals surface area contributed by atoms with Crippen molar-refractivity contribution in [2.24, 2.45) is 4.99 Å². The van der Waals surface area contributed by atoms with Crippen molar-refractivity contribution in [1.29, 1.82) is 0 Å². The van der Waals surface area contributed by atoms with Crippen molar-refractivity contribution in [3.63, 3.8) is 0 Å². The van der Waals surface area contributed by atoms with Crippen LogP contribution in [0.15, 0.2) is 58.4 Å². The summed E-state index contributed by atoms with van der Waals surface area (Å²) in [5.41, 5.74) is 0.129. The average Bonchev–Trinajstić information content (AvgIpc) is 3.54. The van der Waals surface area contributed by atoms with Crippen molar-refractivity contribution in [3.05, 3.63) is 70.0 Å². The molecule has 9 nitrogen and oxygen atoms in total. The summed E-state index contributed by atoms with van der Waals surface area (Å²) in [7, 11) is -2.30. The first kappa shape index (κ1) is 22.6. The molecule has 31 heavy (non-hydrogen) atoms. The first-order valence-corrected chi connectivity index (χ1v) is 11.2. The maximum atomic E-state index is 14.1. The van der Waals surface area contributed by atoms with Crippen LogP contribution in [-0.2, 0) is 15.4 Å². The minimum absolute atomic E-state index is 0.0458. The SMILES string of the molecule is CN=C(NCCNS(=O)(=O)c1cccc([N+](=O)[O-])c1)NCC1(c2ccccc2F)CC1. The van der Waals surface area contributed by atoms with Crippen LogP contribution in [0.1, 0.15) is 18.4 Å². The summed E-state index contributed by atoms with van der Waals surface area (Å²) >= 11 is 0. The quantitative estimate of drug-likeness (QED) is 0.177. The molecule has 1 aliphatic rings. The summed E-state index contributed by atoms with van der Waals surface area (Å²) in [6.45, 7) is 0.789.